The number of ether oxygens (including phenoxy) is 1. The molecule has 0 aromatic heterocycles. The van der Waals surface area contributed by atoms with Gasteiger partial charge in [-0.05, 0) is 50.2 Å². The lowest BCUT2D eigenvalue weighted by Gasteiger charge is -2.18. The lowest BCUT2D eigenvalue weighted by atomic mass is 10.1. The number of para-hydroxylation sites is 1. The van der Waals surface area contributed by atoms with Gasteiger partial charge in [-0.1, -0.05) is 12.1 Å². The van der Waals surface area contributed by atoms with Crippen LogP contribution in [0.15, 0.2) is 48.5 Å². The minimum atomic E-state index is -0.494. The van der Waals surface area contributed by atoms with Crippen molar-refractivity contribution in [3.8, 4) is 5.75 Å². The Morgan fingerprint density at radius 3 is 2.45 bits per heavy atom. The Morgan fingerprint density at radius 1 is 1.10 bits per heavy atom. The summed E-state index contributed by atoms with van der Waals surface area (Å²) < 4.78 is 5.62. The van der Waals surface area contributed by atoms with E-state index in [1.807, 2.05) is 38.1 Å². The molecule has 0 spiro atoms. The van der Waals surface area contributed by atoms with Gasteiger partial charge in [0.2, 0.25) is 11.8 Å². The molecule has 1 heterocycles. The zero-order valence-electron chi connectivity index (χ0n) is 16.8. The van der Waals surface area contributed by atoms with Crippen LogP contribution in [0.5, 0.6) is 5.75 Å². The van der Waals surface area contributed by atoms with Gasteiger partial charge in [0.25, 0.3) is 5.91 Å². The molecule has 152 valence electrons. The summed E-state index contributed by atoms with van der Waals surface area (Å²) in [5.41, 5.74) is 1.54. The Bertz CT molecular complexity index is 909. The minimum absolute atomic E-state index is 0.0695. The maximum absolute atomic E-state index is 12.7. The molecule has 2 N–H and O–H groups in total. The molecule has 3 amide bonds. The van der Waals surface area contributed by atoms with Crippen LogP contribution < -0.4 is 20.3 Å². The number of benzene rings is 2. The first-order valence-electron chi connectivity index (χ1n) is 9.58. The first kappa shape index (κ1) is 20.4. The summed E-state index contributed by atoms with van der Waals surface area (Å²) in [4.78, 5) is 38.8. The predicted molar refractivity (Wildman–Crippen MR) is 111 cm³/mol. The SMILES string of the molecule is CNC(=O)c1ccccc1NC(=O)[C@@H]1CC(=O)N(c2ccc(OC(C)C)cc2)C1. The lowest BCUT2D eigenvalue weighted by molar-refractivity contribution is -0.122. The Morgan fingerprint density at radius 2 is 1.79 bits per heavy atom. The molecule has 0 unspecified atom stereocenters. The van der Waals surface area contributed by atoms with Gasteiger partial charge >= 0.3 is 0 Å². The molecular formula is C22H25N3O4. The summed E-state index contributed by atoms with van der Waals surface area (Å²) in [5, 5.41) is 5.35. The maximum atomic E-state index is 12.7. The van der Waals surface area contributed by atoms with Gasteiger partial charge in [-0.15, -0.1) is 0 Å². The number of rotatable bonds is 6. The van der Waals surface area contributed by atoms with E-state index in [0.29, 0.717) is 11.3 Å². The molecule has 29 heavy (non-hydrogen) atoms. The van der Waals surface area contributed by atoms with Crippen molar-refractivity contribution in [1.29, 1.82) is 0 Å². The van der Waals surface area contributed by atoms with Crippen LogP contribution in [0.4, 0.5) is 11.4 Å². The molecular weight excluding hydrogens is 370 g/mol. The van der Waals surface area contributed by atoms with Crippen LogP contribution in [0.2, 0.25) is 0 Å². The Balaban J connectivity index is 1.69. The number of carbonyl (C=O) groups is 3. The molecule has 2 aromatic carbocycles. The summed E-state index contributed by atoms with van der Waals surface area (Å²) in [7, 11) is 1.53. The van der Waals surface area contributed by atoms with Crippen LogP contribution in [0.3, 0.4) is 0 Å². The molecule has 0 radical (unpaired) electrons. The molecule has 1 aliphatic rings. The number of nitrogens with one attached hydrogen (secondary N) is 2. The summed E-state index contributed by atoms with van der Waals surface area (Å²) in [6.07, 6.45) is 0.193. The Kier molecular flexibility index (Phi) is 6.16. The van der Waals surface area contributed by atoms with Crippen molar-refractivity contribution in [2.75, 3.05) is 23.8 Å². The molecule has 3 rings (SSSR count). The van der Waals surface area contributed by atoms with E-state index < -0.39 is 5.92 Å². The average Bonchev–Trinajstić information content (AvgIpc) is 3.10. The minimum Gasteiger partial charge on any atom is -0.491 e. The molecule has 2 aromatic rings. The predicted octanol–water partition coefficient (Wildman–Crippen LogP) is 2.83. The second-order valence-corrected chi connectivity index (χ2v) is 7.18. The van der Waals surface area contributed by atoms with E-state index in [-0.39, 0.29) is 36.8 Å². The summed E-state index contributed by atoms with van der Waals surface area (Å²) in [5.74, 6) is -0.435. The molecule has 0 aliphatic carbocycles. The van der Waals surface area contributed by atoms with E-state index in [2.05, 4.69) is 10.6 Å². The number of anilines is 2. The van der Waals surface area contributed by atoms with E-state index in [4.69, 9.17) is 4.74 Å². The Hall–Kier alpha value is -3.35. The standard InChI is InChI=1S/C22H25N3O4/c1-14(2)29-17-10-8-16(9-11-17)25-13-15(12-20(25)26)21(27)24-19-7-5-4-6-18(19)22(28)23-3/h4-11,14-15H,12-13H2,1-3H3,(H,23,28)(H,24,27)/t15-/m1/s1. The van der Waals surface area contributed by atoms with Gasteiger partial charge in [-0.2, -0.15) is 0 Å². The highest BCUT2D eigenvalue weighted by atomic mass is 16.5. The summed E-state index contributed by atoms with van der Waals surface area (Å²) >= 11 is 0. The smallest absolute Gasteiger partial charge is 0.253 e. The molecule has 0 saturated carbocycles. The quantitative estimate of drug-likeness (QED) is 0.787. The molecule has 0 bridgehead atoms. The zero-order chi connectivity index (χ0) is 21.0. The largest absolute Gasteiger partial charge is 0.491 e. The van der Waals surface area contributed by atoms with E-state index in [9.17, 15) is 14.4 Å². The van der Waals surface area contributed by atoms with E-state index in [1.54, 1.807) is 29.2 Å². The molecule has 1 aliphatic heterocycles. The number of nitrogens with zero attached hydrogens (tertiary/aromatic N) is 1. The van der Waals surface area contributed by atoms with E-state index >= 15 is 0 Å². The first-order chi connectivity index (χ1) is 13.9. The molecule has 7 nitrogen and oxygen atoms in total. The lowest BCUT2D eigenvalue weighted by Crippen LogP contribution is -2.29. The Labute approximate surface area is 170 Å². The summed E-state index contributed by atoms with van der Waals surface area (Å²) in [6.45, 7) is 4.18. The van der Waals surface area contributed by atoms with Crippen molar-refractivity contribution < 1.29 is 19.1 Å². The van der Waals surface area contributed by atoms with Crippen LogP contribution in [0.1, 0.15) is 30.6 Å². The normalized spacial score (nSPS) is 16.1. The third-order valence-corrected chi connectivity index (χ3v) is 4.67. The number of hydrogen-bond acceptors (Lipinski definition) is 4. The summed E-state index contributed by atoms with van der Waals surface area (Å²) in [6, 6.07) is 14.0. The monoisotopic (exact) mass is 395 g/mol. The van der Waals surface area contributed by atoms with Crippen LogP contribution in [0, 0.1) is 5.92 Å². The molecule has 1 fully saturated rings. The maximum Gasteiger partial charge on any atom is 0.253 e. The van der Waals surface area contributed by atoms with Crippen molar-refractivity contribution in [2.45, 2.75) is 26.4 Å². The first-order valence-corrected chi connectivity index (χ1v) is 9.58. The highest BCUT2D eigenvalue weighted by Gasteiger charge is 2.35. The van der Waals surface area contributed by atoms with E-state index in [0.717, 1.165) is 11.4 Å². The van der Waals surface area contributed by atoms with E-state index in [1.165, 1.54) is 7.05 Å². The molecule has 1 atom stereocenters. The van der Waals surface area contributed by atoms with Gasteiger partial charge in [0, 0.05) is 25.7 Å². The van der Waals surface area contributed by atoms with Gasteiger partial charge in [0.15, 0.2) is 0 Å². The second kappa shape index (κ2) is 8.77. The van der Waals surface area contributed by atoms with Crippen molar-refractivity contribution >= 4 is 29.1 Å². The van der Waals surface area contributed by atoms with Crippen LogP contribution in [-0.4, -0.2) is 37.4 Å². The van der Waals surface area contributed by atoms with Crippen molar-refractivity contribution in [3.63, 3.8) is 0 Å². The third-order valence-electron chi connectivity index (χ3n) is 4.67. The number of hydrogen-bond donors (Lipinski definition) is 2. The van der Waals surface area contributed by atoms with Crippen molar-refractivity contribution in [1.82, 2.24) is 5.32 Å². The fourth-order valence-corrected chi connectivity index (χ4v) is 3.27. The second-order valence-electron chi connectivity index (χ2n) is 7.18. The van der Waals surface area contributed by atoms with Gasteiger partial charge in [0.1, 0.15) is 5.75 Å². The van der Waals surface area contributed by atoms with Crippen molar-refractivity contribution in [3.05, 3.63) is 54.1 Å². The number of amides is 3. The van der Waals surface area contributed by atoms with Gasteiger partial charge in [-0.25, -0.2) is 0 Å². The van der Waals surface area contributed by atoms with Gasteiger partial charge in [0.05, 0.1) is 23.3 Å². The number of carbonyl (C=O) groups excluding carboxylic acids is 3. The average molecular weight is 395 g/mol. The molecule has 7 heteroatoms. The topological polar surface area (TPSA) is 87.7 Å². The zero-order valence-corrected chi connectivity index (χ0v) is 16.8. The van der Waals surface area contributed by atoms with Crippen molar-refractivity contribution in [2.24, 2.45) is 5.92 Å². The van der Waals surface area contributed by atoms with Gasteiger partial charge < -0.3 is 20.3 Å². The third kappa shape index (κ3) is 4.74. The highest BCUT2D eigenvalue weighted by Crippen LogP contribution is 2.28. The highest BCUT2D eigenvalue weighted by molar-refractivity contribution is 6.07. The fraction of sp³-hybridized carbons (Fsp3) is 0.318. The van der Waals surface area contributed by atoms with Crippen LogP contribution in [0.25, 0.3) is 0 Å². The van der Waals surface area contributed by atoms with Gasteiger partial charge in [-0.3, -0.25) is 14.4 Å². The fourth-order valence-electron chi connectivity index (χ4n) is 3.27. The van der Waals surface area contributed by atoms with Crippen LogP contribution in [-0.2, 0) is 9.59 Å². The molecule has 1 saturated heterocycles. The van der Waals surface area contributed by atoms with Crippen LogP contribution >= 0.6 is 0 Å².